The Hall–Kier alpha value is -1.73. The quantitative estimate of drug-likeness (QED) is 0.607. The molecule has 0 aliphatic rings. The molecule has 1 amide bonds. The van der Waals surface area contributed by atoms with Gasteiger partial charge in [0.25, 0.3) is 0 Å². The predicted octanol–water partition coefficient (Wildman–Crippen LogP) is 0.513. The summed E-state index contributed by atoms with van der Waals surface area (Å²) in [5.41, 5.74) is 6.37. The van der Waals surface area contributed by atoms with Crippen LogP contribution < -0.4 is 11.2 Å². The number of halogens is 1. The molecule has 0 saturated carbocycles. The van der Waals surface area contributed by atoms with E-state index >= 15 is 0 Å². The SMILES string of the molecule is C#C.Cn1cc(C(N)=O)ccc1=NCCCl. The number of aryl methyl sites for hydroxylation is 1. The largest absolute Gasteiger partial charge is 0.366 e. The van der Waals surface area contributed by atoms with Crippen molar-refractivity contribution in [2.75, 3.05) is 12.4 Å². The molecule has 4 nitrogen and oxygen atoms in total. The third kappa shape index (κ3) is 4.20. The van der Waals surface area contributed by atoms with Gasteiger partial charge in [0.1, 0.15) is 5.49 Å². The molecule has 0 spiro atoms. The number of alkyl halides is 1. The number of rotatable bonds is 3. The molecule has 0 fully saturated rings. The minimum absolute atomic E-state index is 0.440. The Morgan fingerprint density at radius 3 is 2.62 bits per heavy atom. The normalized spacial score (nSPS) is 10.4. The maximum Gasteiger partial charge on any atom is 0.250 e. The van der Waals surface area contributed by atoms with E-state index in [1.165, 1.54) is 0 Å². The van der Waals surface area contributed by atoms with E-state index in [-0.39, 0.29) is 0 Å². The van der Waals surface area contributed by atoms with Crippen LogP contribution in [0.2, 0.25) is 0 Å². The van der Waals surface area contributed by atoms with Crippen LogP contribution in [-0.4, -0.2) is 22.9 Å². The van der Waals surface area contributed by atoms with Crippen molar-refractivity contribution < 1.29 is 4.79 Å². The Morgan fingerprint density at radius 2 is 2.19 bits per heavy atom. The second-order valence-corrected chi connectivity index (χ2v) is 3.20. The highest BCUT2D eigenvalue weighted by Crippen LogP contribution is 1.92. The Balaban J connectivity index is 0.00000106. The highest BCUT2D eigenvalue weighted by Gasteiger charge is 1.99. The smallest absolute Gasteiger partial charge is 0.250 e. The Labute approximate surface area is 99.8 Å². The summed E-state index contributed by atoms with van der Waals surface area (Å²) in [4.78, 5) is 15.0. The number of terminal acetylenes is 1. The molecular formula is C11H14ClN3O. The summed E-state index contributed by atoms with van der Waals surface area (Å²) in [7, 11) is 1.81. The van der Waals surface area contributed by atoms with Crippen LogP contribution in [0.4, 0.5) is 0 Å². The Morgan fingerprint density at radius 1 is 1.56 bits per heavy atom. The maximum absolute atomic E-state index is 10.8. The Bertz CT molecular complexity index is 434. The molecule has 86 valence electrons. The van der Waals surface area contributed by atoms with Crippen LogP contribution in [0.1, 0.15) is 10.4 Å². The van der Waals surface area contributed by atoms with Crippen molar-refractivity contribution in [2.24, 2.45) is 17.8 Å². The first-order chi connectivity index (χ1) is 7.65. The second-order valence-electron chi connectivity index (χ2n) is 2.82. The lowest BCUT2D eigenvalue weighted by Gasteiger charge is -2.01. The zero-order chi connectivity index (χ0) is 12.6. The van der Waals surface area contributed by atoms with Gasteiger partial charge in [0, 0.05) is 19.1 Å². The third-order valence-corrected chi connectivity index (χ3v) is 1.92. The number of carbonyl (C=O) groups excluding carboxylic acids is 1. The van der Waals surface area contributed by atoms with Gasteiger partial charge in [0.05, 0.1) is 12.1 Å². The lowest BCUT2D eigenvalue weighted by molar-refractivity contribution is 0.0999. The zero-order valence-electron chi connectivity index (χ0n) is 9.06. The van der Waals surface area contributed by atoms with Crippen LogP contribution in [0, 0.1) is 12.8 Å². The lowest BCUT2D eigenvalue weighted by Crippen LogP contribution is -2.21. The van der Waals surface area contributed by atoms with Crippen molar-refractivity contribution in [3.63, 3.8) is 0 Å². The zero-order valence-corrected chi connectivity index (χ0v) is 9.81. The van der Waals surface area contributed by atoms with Gasteiger partial charge >= 0.3 is 0 Å². The van der Waals surface area contributed by atoms with Gasteiger partial charge in [-0.15, -0.1) is 24.4 Å². The van der Waals surface area contributed by atoms with E-state index in [1.54, 1.807) is 29.9 Å². The number of nitrogens with zero attached hydrogens (tertiary/aromatic N) is 2. The predicted molar refractivity (Wildman–Crippen MR) is 65.0 cm³/mol. The summed E-state index contributed by atoms with van der Waals surface area (Å²) in [6.07, 6.45) is 9.65. The highest BCUT2D eigenvalue weighted by atomic mass is 35.5. The number of pyridine rings is 1. The first-order valence-electron chi connectivity index (χ1n) is 4.51. The standard InChI is InChI=1S/C9H12ClN3O.C2H2/c1-13-6-7(9(11)14)2-3-8(13)12-5-4-10;1-2/h2-3,6H,4-5H2,1H3,(H2,11,14);1-2H. The number of primary amides is 1. The van der Waals surface area contributed by atoms with E-state index in [2.05, 4.69) is 17.8 Å². The molecule has 1 aromatic rings. The van der Waals surface area contributed by atoms with Crippen molar-refractivity contribution in [2.45, 2.75) is 0 Å². The average Bonchev–Trinajstić information content (AvgIpc) is 2.30. The average molecular weight is 240 g/mol. The van der Waals surface area contributed by atoms with Gasteiger partial charge in [0.15, 0.2) is 0 Å². The van der Waals surface area contributed by atoms with Crippen molar-refractivity contribution in [1.29, 1.82) is 0 Å². The Kier molecular flexibility index (Phi) is 6.73. The van der Waals surface area contributed by atoms with Crippen molar-refractivity contribution >= 4 is 17.5 Å². The van der Waals surface area contributed by atoms with E-state index in [4.69, 9.17) is 17.3 Å². The monoisotopic (exact) mass is 239 g/mol. The van der Waals surface area contributed by atoms with E-state index in [1.807, 2.05) is 0 Å². The summed E-state index contributed by atoms with van der Waals surface area (Å²) < 4.78 is 1.74. The van der Waals surface area contributed by atoms with Gasteiger partial charge in [-0.2, -0.15) is 0 Å². The lowest BCUT2D eigenvalue weighted by atomic mass is 10.3. The number of aromatic nitrogens is 1. The van der Waals surface area contributed by atoms with Crippen LogP contribution in [0.15, 0.2) is 23.3 Å². The van der Waals surface area contributed by atoms with Gasteiger partial charge in [-0.1, -0.05) is 0 Å². The molecule has 0 aliphatic heterocycles. The molecule has 5 heteroatoms. The highest BCUT2D eigenvalue weighted by molar-refractivity contribution is 6.18. The molecule has 0 unspecified atom stereocenters. The second kappa shape index (κ2) is 7.55. The maximum atomic E-state index is 10.8. The number of carbonyl (C=O) groups is 1. The molecule has 0 saturated heterocycles. The summed E-state index contributed by atoms with van der Waals surface area (Å²) in [5.74, 6) is 0.0434. The molecule has 0 radical (unpaired) electrons. The van der Waals surface area contributed by atoms with Crippen LogP contribution >= 0.6 is 11.6 Å². The summed E-state index contributed by atoms with van der Waals surface area (Å²) in [6, 6.07) is 3.39. The molecule has 0 bridgehead atoms. The third-order valence-electron chi connectivity index (χ3n) is 1.75. The van der Waals surface area contributed by atoms with Crippen molar-refractivity contribution in [1.82, 2.24) is 4.57 Å². The number of nitrogens with two attached hydrogens (primary N) is 1. The summed E-state index contributed by atoms with van der Waals surface area (Å²) >= 11 is 5.51. The first-order valence-corrected chi connectivity index (χ1v) is 5.05. The van der Waals surface area contributed by atoms with Gasteiger partial charge < -0.3 is 10.3 Å². The molecule has 1 aromatic heterocycles. The molecule has 0 aromatic carbocycles. The summed E-state index contributed by atoms with van der Waals surface area (Å²) in [5, 5.41) is 0. The molecule has 1 rings (SSSR count). The molecular weight excluding hydrogens is 226 g/mol. The first kappa shape index (κ1) is 14.3. The van der Waals surface area contributed by atoms with E-state index in [9.17, 15) is 4.79 Å². The number of amides is 1. The molecule has 2 N–H and O–H groups in total. The van der Waals surface area contributed by atoms with Crippen LogP contribution in [0.5, 0.6) is 0 Å². The van der Waals surface area contributed by atoms with Gasteiger partial charge in [-0.3, -0.25) is 9.79 Å². The molecule has 1 heterocycles. The van der Waals surface area contributed by atoms with Gasteiger partial charge in [-0.05, 0) is 12.1 Å². The van der Waals surface area contributed by atoms with E-state index in [0.29, 0.717) is 18.0 Å². The summed E-state index contributed by atoms with van der Waals surface area (Å²) in [6.45, 7) is 0.561. The number of hydrogen-bond donors (Lipinski definition) is 1. The number of hydrogen-bond acceptors (Lipinski definition) is 2. The molecule has 16 heavy (non-hydrogen) atoms. The van der Waals surface area contributed by atoms with E-state index in [0.717, 1.165) is 5.49 Å². The van der Waals surface area contributed by atoms with E-state index < -0.39 is 5.91 Å². The van der Waals surface area contributed by atoms with Gasteiger partial charge in [0.2, 0.25) is 5.91 Å². The minimum atomic E-state index is -0.440. The fourth-order valence-corrected chi connectivity index (χ4v) is 1.15. The fourth-order valence-electron chi connectivity index (χ4n) is 1.07. The van der Waals surface area contributed by atoms with Crippen LogP contribution in [0.25, 0.3) is 0 Å². The topological polar surface area (TPSA) is 60.4 Å². The van der Waals surface area contributed by atoms with Crippen LogP contribution in [0.3, 0.4) is 0 Å². The van der Waals surface area contributed by atoms with Crippen LogP contribution in [-0.2, 0) is 7.05 Å². The van der Waals surface area contributed by atoms with Crippen molar-refractivity contribution in [3.8, 4) is 12.8 Å². The molecule has 0 atom stereocenters. The fraction of sp³-hybridized carbons (Fsp3) is 0.273. The molecule has 0 aliphatic carbocycles. The minimum Gasteiger partial charge on any atom is -0.366 e. The van der Waals surface area contributed by atoms with Gasteiger partial charge in [-0.25, -0.2) is 0 Å². The van der Waals surface area contributed by atoms with Crippen molar-refractivity contribution in [3.05, 3.63) is 29.4 Å².